The first-order chi connectivity index (χ1) is 19.1. The van der Waals surface area contributed by atoms with Gasteiger partial charge in [-0.1, -0.05) is 17.7 Å². The van der Waals surface area contributed by atoms with Gasteiger partial charge >= 0.3 is 0 Å². The first-order valence-electron chi connectivity index (χ1n) is 12.5. The third-order valence-electron chi connectivity index (χ3n) is 7.29. The molecule has 1 saturated heterocycles. The highest BCUT2D eigenvalue weighted by Crippen LogP contribution is 2.49. The molecule has 0 aromatic heterocycles. The van der Waals surface area contributed by atoms with Crippen LogP contribution in [-0.4, -0.2) is 47.3 Å². The van der Waals surface area contributed by atoms with Crippen LogP contribution in [0.4, 0.5) is 11.4 Å². The summed E-state index contributed by atoms with van der Waals surface area (Å²) in [6.07, 6.45) is 0.560. The summed E-state index contributed by atoms with van der Waals surface area (Å²) < 4.78 is 17.3. The predicted molar refractivity (Wildman–Crippen MR) is 154 cm³/mol. The topological polar surface area (TPSA) is 115 Å². The number of thiocarbonyl (C=S) groups is 1. The number of halogens is 1. The second-order valence-corrected chi connectivity index (χ2v) is 10.5. The molecule has 40 heavy (non-hydrogen) atoms. The Morgan fingerprint density at radius 1 is 1.15 bits per heavy atom. The number of benzene rings is 3. The fourth-order valence-electron chi connectivity index (χ4n) is 5.31. The number of ether oxygens (including phenoxy) is 3. The van der Waals surface area contributed by atoms with E-state index >= 15 is 0 Å². The number of nitrogens with one attached hydrogen (secondary N) is 2. The third-order valence-corrected chi connectivity index (χ3v) is 7.88. The molecule has 0 radical (unpaired) electrons. The van der Waals surface area contributed by atoms with E-state index in [1.807, 2.05) is 30.0 Å². The zero-order chi connectivity index (χ0) is 28.6. The van der Waals surface area contributed by atoms with Crippen molar-refractivity contribution in [2.45, 2.75) is 25.1 Å². The minimum absolute atomic E-state index is 0.105. The molecule has 2 bridgehead atoms. The second kappa shape index (κ2) is 10.8. The fourth-order valence-corrected chi connectivity index (χ4v) is 5.83. The lowest BCUT2D eigenvalue weighted by Gasteiger charge is -2.56. The average Bonchev–Trinajstić information content (AvgIpc) is 2.93. The molecule has 0 spiro atoms. The predicted octanol–water partition coefficient (Wildman–Crippen LogP) is 5.10. The highest BCUT2D eigenvalue weighted by Gasteiger charge is 2.58. The molecule has 0 saturated carbocycles. The van der Waals surface area contributed by atoms with E-state index in [0.29, 0.717) is 51.6 Å². The highest BCUT2D eigenvalue weighted by atomic mass is 35.5. The molecule has 12 heteroatoms. The van der Waals surface area contributed by atoms with Crippen LogP contribution in [0, 0.1) is 16.0 Å². The molecule has 2 aliphatic rings. The average molecular weight is 583 g/mol. The van der Waals surface area contributed by atoms with Crippen LogP contribution in [0.25, 0.3) is 0 Å². The van der Waals surface area contributed by atoms with Gasteiger partial charge in [0.25, 0.3) is 5.69 Å². The minimum Gasteiger partial charge on any atom is -0.493 e. The van der Waals surface area contributed by atoms with Crippen LogP contribution in [-0.2, 0) is 11.2 Å². The molecule has 5 rings (SSSR count). The molecule has 3 aromatic rings. The summed E-state index contributed by atoms with van der Waals surface area (Å²) in [6.45, 7) is 2.23. The number of hydrogen-bond donors (Lipinski definition) is 2. The fraction of sp³-hybridized carbons (Fsp3) is 0.286. The molecule has 0 aliphatic carbocycles. The SMILES string of the molecule is COc1ccc(CCN2C(=S)N[C@H]3c4cc([N+](=O)[O-])ccc4O[C@]2(C)[C@@H]3C(=O)Nc2ccc(Cl)cc2)cc1OC. The van der Waals surface area contributed by atoms with Gasteiger partial charge in [-0.15, -0.1) is 0 Å². The number of nitro benzene ring substituents is 1. The third kappa shape index (κ3) is 4.98. The van der Waals surface area contributed by atoms with Crippen molar-refractivity contribution < 1.29 is 23.9 Å². The Kier molecular flexibility index (Phi) is 7.43. The molecule has 2 heterocycles. The van der Waals surface area contributed by atoms with Crippen LogP contribution in [0.3, 0.4) is 0 Å². The molecule has 10 nitrogen and oxygen atoms in total. The summed E-state index contributed by atoms with van der Waals surface area (Å²) in [4.78, 5) is 26.8. The van der Waals surface area contributed by atoms with E-state index in [4.69, 9.17) is 38.0 Å². The van der Waals surface area contributed by atoms with Crippen molar-refractivity contribution in [1.29, 1.82) is 0 Å². The summed E-state index contributed by atoms with van der Waals surface area (Å²) >= 11 is 11.8. The summed E-state index contributed by atoms with van der Waals surface area (Å²) in [5.41, 5.74) is 0.709. The molecular formula is C28H27ClN4O6S. The number of anilines is 1. The molecule has 3 atom stereocenters. The molecule has 1 amide bonds. The van der Waals surface area contributed by atoms with E-state index in [1.165, 1.54) is 12.1 Å². The number of rotatable bonds is 8. The number of nitro groups is 1. The minimum atomic E-state index is -1.21. The maximum absolute atomic E-state index is 13.9. The number of hydrogen-bond acceptors (Lipinski definition) is 7. The highest BCUT2D eigenvalue weighted by molar-refractivity contribution is 7.80. The quantitative estimate of drug-likeness (QED) is 0.212. The lowest BCUT2D eigenvalue weighted by atomic mass is 9.78. The Morgan fingerprint density at radius 3 is 2.55 bits per heavy atom. The van der Waals surface area contributed by atoms with Gasteiger partial charge in [0.15, 0.2) is 22.3 Å². The van der Waals surface area contributed by atoms with Gasteiger partial charge in [0.1, 0.15) is 11.7 Å². The van der Waals surface area contributed by atoms with Crippen LogP contribution in [0.5, 0.6) is 17.2 Å². The molecule has 1 fully saturated rings. The van der Waals surface area contributed by atoms with Crippen molar-refractivity contribution in [3.05, 3.63) is 86.9 Å². The molecule has 3 aromatic carbocycles. The van der Waals surface area contributed by atoms with Gasteiger partial charge in [-0.3, -0.25) is 14.9 Å². The Balaban J connectivity index is 1.51. The van der Waals surface area contributed by atoms with Gasteiger partial charge in [0.05, 0.1) is 25.2 Å². The first-order valence-corrected chi connectivity index (χ1v) is 13.3. The van der Waals surface area contributed by atoms with Crippen LogP contribution in [0.1, 0.15) is 24.1 Å². The molecular weight excluding hydrogens is 556 g/mol. The summed E-state index contributed by atoms with van der Waals surface area (Å²) in [5.74, 6) is 0.513. The Morgan fingerprint density at radius 2 is 1.88 bits per heavy atom. The number of methoxy groups -OCH3 is 2. The lowest BCUT2D eigenvalue weighted by Crippen LogP contribution is -2.71. The van der Waals surface area contributed by atoms with Crippen molar-refractivity contribution in [2.75, 3.05) is 26.1 Å². The van der Waals surface area contributed by atoms with Crippen molar-refractivity contribution in [1.82, 2.24) is 10.2 Å². The van der Waals surface area contributed by atoms with Crippen molar-refractivity contribution >= 4 is 46.2 Å². The van der Waals surface area contributed by atoms with E-state index in [2.05, 4.69) is 10.6 Å². The smallest absolute Gasteiger partial charge is 0.270 e. The Labute approximate surface area is 241 Å². The Bertz CT molecular complexity index is 1490. The normalized spacial score (nSPS) is 21.0. The van der Waals surface area contributed by atoms with Crippen LogP contribution >= 0.6 is 23.8 Å². The number of carbonyl (C=O) groups excluding carboxylic acids is 1. The van der Waals surface area contributed by atoms with Crippen molar-refractivity contribution in [3.63, 3.8) is 0 Å². The van der Waals surface area contributed by atoms with Gasteiger partial charge in [0, 0.05) is 35.0 Å². The zero-order valence-electron chi connectivity index (χ0n) is 22.0. The Hall–Kier alpha value is -4.09. The standard InChI is InChI=1S/C28H27ClN4O6S/c1-28-24(26(34)30-18-7-5-17(29)6-8-18)25(20-15-19(33(35)36)9-11-21(20)39-28)31-27(40)32(28)13-12-16-4-10-22(37-2)23(14-16)38-3/h4-11,14-15,24-25H,12-13H2,1-3H3,(H,30,34)(H,31,40)/t24-,25-,28+/m0/s1. The van der Waals surface area contributed by atoms with Crippen LogP contribution in [0.15, 0.2) is 60.7 Å². The monoisotopic (exact) mass is 582 g/mol. The van der Waals surface area contributed by atoms with Crippen LogP contribution in [0.2, 0.25) is 5.02 Å². The summed E-state index contributed by atoms with van der Waals surface area (Å²) in [7, 11) is 3.16. The van der Waals surface area contributed by atoms with E-state index in [9.17, 15) is 14.9 Å². The number of nitrogens with zero attached hydrogens (tertiary/aromatic N) is 2. The van der Waals surface area contributed by atoms with Crippen molar-refractivity contribution in [2.24, 2.45) is 5.92 Å². The summed E-state index contributed by atoms with van der Waals surface area (Å²) in [6, 6.07) is 16.1. The summed E-state index contributed by atoms with van der Waals surface area (Å²) in [5, 5.41) is 18.7. The number of carbonyl (C=O) groups is 1. The second-order valence-electron chi connectivity index (χ2n) is 9.63. The molecule has 208 valence electrons. The molecule has 0 unspecified atom stereocenters. The molecule has 2 N–H and O–H groups in total. The van der Waals surface area contributed by atoms with E-state index in [-0.39, 0.29) is 11.6 Å². The van der Waals surface area contributed by atoms with E-state index in [0.717, 1.165) is 5.56 Å². The number of non-ortho nitro benzene ring substituents is 1. The van der Waals surface area contributed by atoms with Crippen molar-refractivity contribution in [3.8, 4) is 17.2 Å². The maximum atomic E-state index is 13.9. The van der Waals surface area contributed by atoms with Gasteiger partial charge in [-0.25, -0.2) is 0 Å². The molecule has 2 aliphatic heterocycles. The first kappa shape index (κ1) is 27.5. The van der Waals surface area contributed by atoms with E-state index < -0.39 is 22.6 Å². The van der Waals surface area contributed by atoms with Gasteiger partial charge < -0.3 is 29.7 Å². The van der Waals surface area contributed by atoms with Gasteiger partial charge in [-0.2, -0.15) is 0 Å². The van der Waals surface area contributed by atoms with Crippen LogP contribution < -0.4 is 24.8 Å². The number of fused-ring (bicyclic) bond motifs is 4. The van der Waals surface area contributed by atoms with Gasteiger partial charge in [-0.05, 0) is 73.6 Å². The maximum Gasteiger partial charge on any atom is 0.270 e. The lowest BCUT2D eigenvalue weighted by molar-refractivity contribution is -0.385. The largest absolute Gasteiger partial charge is 0.493 e. The van der Waals surface area contributed by atoms with Gasteiger partial charge in [0.2, 0.25) is 5.91 Å². The number of amides is 1. The zero-order valence-corrected chi connectivity index (χ0v) is 23.5. The van der Waals surface area contributed by atoms with E-state index in [1.54, 1.807) is 44.6 Å².